The van der Waals surface area contributed by atoms with Crippen molar-refractivity contribution in [3.8, 4) is 51.1 Å². The van der Waals surface area contributed by atoms with Gasteiger partial charge in [-0.25, -0.2) is 0 Å². The van der Waals surface area contributed by atoms with Crippen molar-refractivity contribution in [1.29, 1.82) is 0 Å². The van der Waals surface area contributed by atoms with Crippen LogP contribution in [0.3, 0.4) is 0 Å². The van der Waals surface area contributed by atoms with E-state index < -0.39 is 0 Å². The van der Waals surface area contributed by atoms with Gasteiger partial charge in [0, 0.05) is 17.7 Å². The molecule has 26 heavy (non-hydrogen) atoms. The zero-order valence-electron chi connectivity index (χ0n) is 14.9. The zero-order chi connectivity index (χ0) is 18.1. The predicted molar refractivity (Wildman–Crippen MR) is 96.3 cm³/mol. The Morgan fingerprint density at radius 3 is 2.62 bits per heavy atom. The maximum Gasteiger partial charge on any atom is 0.179 e. The van der Waals surface area contributed by atoms with Crippen LogP contribution in [0.25, 0.3) is 22.4 Å². The quantitative estimate of drug-likeness (QED) is 0.507. The van der Waals surface area contributed by atoms with Gasteiger partial charge in [-0.2, -0.15) is 0 Å². The summed E-state index contributed by atoms with van der Waals surface area (Å²) in [6.07, 6.45) is 2.55. The third-order valence-electron chi connectivity index (χ3n) is 4.24. The van der Waals surface area contributed by atoms with Gasteiger partial charge in [0.2, 0.25) is 0 Å². The highest BCUT2D eigenvalue weighted by molar-refractivity contribution is 5.89. The molecule has 0 fully saturated rings. The molecule has 1 aromatic heterocycles. The summed E-state index contributed by atoms with van der Waals surface area (Å²) in [6.45, 7) is 2.71. The molecule has 2 heterocycles. The van der Waals surface area contributed by atoms with Gasteiger partial charge >= 0.3 is 0 Å². The molecule has 1 aliphatic rings. The largest absolute Gasteiger partial charge is 0.497 e. The Morgan fingerprint density at radius 2 is 1.85 bits per heavy atom. The summed E-state index contributed by atoms with van der Waals surface area (Å²) in [5.74, 6) is 3.18. The first kappa shape index (κ1) is 16.3. The summed E-state index contributed by atoms with van der Waals surface area (Å²) in [4.78, 5) is 0. The highest BCUT2D eigenvalue weighted by Gasteiger charge is 2.27. The summed E-state index contributed by atoms with van der Waals surface area (Å²) >= 11 is 0. The van der Waals surface area contributed by atoms with Crippen LogP contribution in [-0.2, 0) is 0 Å². The van der Waals surface area contributed by atoms with Crippen LogP contribution in [0.1, 0.15) is 13.3 Å². The fourth-order valence-corrected chi connectivity index (χ4v) is 2.98. The Labute approximate surface area is 151 Å². The van der Waals surface area contributed by atoms with Crippen molar-refractivity contribution in [3.63, 3.8) is 0 Å². The number of methoxy groups -OCH3 is 2. The molecular formula is C20H19NO5. The number of hydrogen-bond donors (Lipinski definition) is 0. The second-order valence-electron chi connectivity index (χ2n) is 5.89. The monoisotopic (exact) mass is 353 g/mol. The molecule has 0 amide bonds. The van der Waals surface area contributed by atoms with Crippen molar-refractivity contribution in [2.24, 2.45) is 0 Å². The summed E-state index contributed by atoms with van der Waals surface area (Å²) in [7, 11) is 3.20. The van der Waals surface area contributed by atoms with Crippen LogP contribution in [0.15, 0.2) is 41.1 Å². The number of fused-ring (bicyclic) bond motifs is 5. The Bertz CT molecular complexity index is 947. The molecule has 0 bridgehead atoms. The maximum absolute atomic E-state index is 6.24. The lowest BCUT2D eigenvalue weighted by atomic mass is 10.0. The molecule has 3 aromatic rings. The molecule has 4 rings (SSSR count). The average Bonchev–Trinajstić information content (AvgIpc) is 3.11. The Morgan fingerprint density at radius 1 is 0.962 bits per heavy atom. The number of ether oxygens (including phenoxy) is 4. The lowest BCUT2D eigenvalue weighted by molar-refractivity contribution is 0.315. The normalized spacial score (nSPS) is 11.5. The lowest BCUT2D eigenvalue weighted by Gasteiger charge is -2.15. The first-order valence-electron chi connectivity index (χ1n) is 8.41. The number of aromatic nitrogens is 1. The number of rotatable bonds is 5. The fraction of sp³-hybridized carbons (Fsp3) is 0.250. The Balaban J connectivity index is 1.92. The number of benzene rings is 2. The molecule has 2 aromatic carbocycles. The highest BCUT2D eigenvalue weighted by atomic mass is 16.5. The van der Waals surface area contributed by atoms with Crippen molar-refractivity contribution in [2.75, 3.05) is 20.8 Å². The van der Waals surface area contributed by atoms with Crippen molar-refractivity contribution in [1.82, 2.24) is 5.16 Å². The van der Waals surface area contributed by atoms with Crippen LogP contribution in [0.4, 0.5) is 0 Å². The van der Waals surface area contributed by atoms with Crippen LogP contribution in [0.5, 0.6) is 28.7 Å². The van der Waals surface area contributed by atoms with Crippen LogP contribution in [-0.4, -0.2) is 26.0 Å². The van der Waals surface area contributed by atoms with Gasteiger partial charge in [-0.15, -0.1) is 0 Å². The van der Waals surface area contributed by atoms with E-state index in [1.165, 1.54) is 0 Å². The lowest BCUT2D eigenvalue weighted by Crippen LogP contribution is -1.97. The molecule has 0 saturated heterocycles. The van der Waals surface area contributed by atoms with E-state index in [-0.39, 0.29) is 0 Å². The van der Waals surface area contributed by atoms with Crippen molar-refractivity contribution in [2.45, 2.75) is 13.3 Å². The van der Waals surface area contributed by atoms with Crippen molar-refractivity contribution >= 4 is 0 Å². The number of hydrogen-bond acceptors (Lipinski definition) is 6. The highest BCUT2D eigenvalue weighted by Crippen LogP contribution is 2.51. The van der Waals surface area contributed by atoms with Gasteiger partial charge in [-0.3, -0.25) is 0 Å². The molecule has 0 unspecified atom stereocenters. The molecule has 6 heteroatoms. The molecule has 0 spiro atoms. The maximum atomic E-state index is 6.24. The number of nitrogens with zero attached hydrogens (tertiary/aromatic N) is 1. The summed E-state index contributed by atoms with van der Waals surface area (Å²) < 4.78 is 28.1. The summed E-state index contributed by atoms with van der Waals surface area (Å²) in [5, 5.41) is 4.18. The second kappa shape index (κ2) is 6.63. The van der Waals surface area contributed by atoms with Crippen LogP contribution < -0.4 is 18.9 Å². The van der Waals surface area contributed by atoms with E-state index in [4.69, 9.17) is 23.5 Å². The Hall–Kier alpha value is -3.15. The van der Waals surface area contributed by atoms with Crippen LogP contribution in [0, 0.1) is 0 Å². The van der Waals surface area contributed by atoms with Gasteiger partial charge in [0.15, 0.2) is 11.5 Å². The van der Waals surface area contributed by atoms with Gasteiger partial charge in [0.1, 0.15) is 29.2 Å². The van der Waals surface area contributed by atoms with Gasteiger partial charge < -0.3 is 23.5 Å². The molecule has 6 nitrogen and oxygen atoms in total. The molecule has 0 radical (unpaired) electrons. The molecule has 134 valence electrons. The van der Waals surface area contributed by atoms with Crippen molar-refractivity contribution in [3.05, 3.63) is 36.6 Å². The zero-order valence-corrected chi connectivity index (χ0v) is 14.9. The van der Waals surface area contributed by atoms with E-state index in [9.17, 15) is 0 Å². The molecular weight excluding hydrogens is 334 g/mol. The van der Waals surface area contributed by atoms with E-state index in [1.807, 2.05) is 24.3 Å². The average molecular weight is 353 g/mol. The first-order valence-corrected chi connectivity index (χ1v) is 8.41. The van der Waals surface area contributed by atoms with Gasteiger partial charge in [-0.1, -0.05) is 12.1 Å². The van der Waals surface area contributed by atoms with Crippen LogP contribution >= 0.6 is 0 Å². The SMILES string of the molecule is CCCOc1ccc2c(c1)Oc1c(OC)cc(OC)cc1-c1nocc1-2. The minimum absolute atomic E-state index is 0.557. The molecule has 0 aliphatic carbocycles. The predicted octanol–water partition coefficient (Wildman–Crippen LogP) is 4.92. The van der Waals surface area contributed by atoms with Gasteiger partial charge in [-0.05, 0) is 24.6 Å². The smallest absolute Gasteiger partial charge is 0.179 e. The minimum atomic E-state index is 0.557. The first-order chi connectivity index (χ1) is 12.7. The molecule has 0 N–H and O–H groups in total. The molecule has 1 aliphatic heterocycles. The third kappa shape index (κ3) is 2.63. The summed E-state index contributed by atoms with van der Waals surface area (Å²) in [5.41, 5.74) is 3.15. The van der Waals surface area contributed by atoms with E-state index in [1.54, 1.807) is 26.5 Å². The molecule has 0 atom stereocenters. The second-order valence-corrected chi connectivity index (χ2v) is 5.89. The Kier molecular flexibility index (Phi) is 4.16. The standard InChI is InChI=1S/C20H19NO5/c1-4-7-24-12-5-6-14-16-11-25-21-19(16)15-8-13(22-2)10-18(23-3)20(15)26-17(14)9-12/h5-6,8-11H,4,7H2,1-3H3. The summed E-state index contributed by atoms with van der Waals surface area (Å²) in [6, 6.07) is 9.38. The van der Waals surface area contributed by atoms with E-state index in [0.717, 1.165) is 28.9 Å². The van der Waals surface area contributed by atoms with Crippen LogP contribution in [0.2, 0.25) is 0 Å². The van der Waals surface area contributed by atoms with E-state index in [0.29, 0.717) is 35.3 Å². The van der Waals surface area contributed by atoms with E-state index in [2.05, 4.69) is 12.1 Å². The fourth-order valence-electron chi connectivity index (χ4n) is 2.98. The van der Waals surface area contributed by atoms with Gasteiger partial charge in [0.05, 0.1) is 32.0 Å². The topological polar surface area (TPSA) is 63.0 Å². The third-order valence-corrected chi connectivity index (χ3v) is 4.24. The van der Waals surface area contributed by atoms with Crippen molar-refractivity contribution < 1.29 is 23.5 Å². The molecule has 0 saturated carbocycles. The minimum Gasteiger partial charge on any atom is -0.497 e. The van der Waals surface area contributed by atoms with Gasteiger partial charge in [0.25, 0.3) is 0 Å². The van der Waals surface area contributed by atoms with E-state index >= 15 is 0 Å².